The highest BCUT2D eigenvalue weighted by atomic mass is 19.1. The number of benzene rings is 1. The summed E-state index contributed by atoms with van der Waals surface area (Å²) in [6.07, 6.45) is -2.82. The molecule has 4 N–H and O–H groups in total. The number of hydrogen-bond donors (Lipinski definition) is 4. The summed E-state index contributed by atoms with van der Waals surface area (Å²) < 4.78 is 25.8. The van der Waals surface area contributed by atoms with Crippen molar-refractivity contribution in [1.29, 1.82) is 0 Å². The molecule has 16 heavy (non-hydrogen) atoms. The van der Waals surface area contributed by atoms with E-state index in [-0.39, 0.29) is 12.1 Å². The first kappa shape index (κ1) is 12.8. The van der Waals surface area contributed by atoms with Gasteiger partial charge in [0.05, 0.1) is 6.10 Å². The summed E-state index contributed by atoms with van der Waals surface area (Å²) >= 11 is 0. The highest BCUT2D eigenvalue weighted by Gasteiger charge is 2.23. The molecule has 0 radical (unpaired) electrons. The average molecular weight is 233 g/mol. The fourth-order valence-electron chi connectivity index (χ4n) is 1.34. The molecule has 0 saturated carbocycles. The standard InChI is InChI=1S/C10H13F2NO3/c1-13-4-8(14)10(16)6-2-5(11)3-7(12)9(6)15/h2-3,8,10,13-16H,4H2,1H3. The number of hydrogen-bond acceptors (Lipinski definition) is 4. The van der Waals surface area contributed by atoms with Crippen LogP contribution < -0.4 is 5.32 Å². The number of aliphatic hydroxyl groups excluding tert-OH is 2. The minimum atomic E-state index is -1.56. The molecule has 6 heteroatoms. The van der Waals surface area contributed by atoms with Crippen LogP contribution in [0.5, 0.6) is 5.75 Å². The molecule has 0 bridgehead atoms. The maximum Gasteiger partial charge on any atom is 0.168 e. The van der Waals surface area contributed by atoms with E-state index in [9.17, 15) is 24.1 Å². The molecule has 2 unspecified atom stereocenters. The van der Waals surface area contributed by atoms with Crippen LogP contribution in [0.15, 0.2) is 12.1 Å². The van der Waals surface area contributed by atoms with Crippen molar-refractivity contribution in [1.82, 2.24) is 5.32 Å². The number of nitrogens with one attached hydrogen (secondary N) is 1. The Morgan fingerprint density at radius 2 is 1.94 bits per heavy atom. The van der Waals surface area contributed by atoms with E-state index in [0.29, 0.717) is 6.07 Å². The third-order valence-corrected chi connectivity index (χ3v) is 2.15. The van der Waals surface area contributed by atoms with Gasteiger partial charge in [0.1, 0.15) is 11.9 Å². The number of aromatic hydroxyl groups is 1. The van der Waals surface area contributed by atoms with Crippen LogP contribution in [-0.2, 0) is 0 Å². The lowest BCUT2D eigenvalue weighted by Crippen LogP contribution is -2.29. The van der Waals surface area contributed by atoms with Crippen LogP contribution in [0.25, 0.3) is 0 Å². The Hall–Kier alpha value is -1.24. The summed E-state index contributed by atoms with van der Waals surface area (Å²) in [7, 11) is 1.54. The molecule has 0 amide bonds. The maximum atomic E-state index is 13.0. The van der Waals surface area contributed by atoms with Crippen LogP contribution in [0, 0.1) is 11.6 Å². The highest BCUT2D eigenvalue weighted by molar-refractivity contribution is 5.36. The number of rotatable bonds is 4. The fourth-order valence-corrected chi connectivity index (χ4v) is 1.34. The monoisotopic (exact) mass is 233 g/mol. The minimum Gasteiger partial charge on any atom is -0.505 e. The van der Waals surface area contributed by atoms with E-state index in [1.165, 1.54) is 0 Å². The van der Waals surface area contributed by atoms with Gasteiger partial charge in [-0.05, 0) is 13.1 Å². The second-order valence-electron chi connectivity index (χ2n) is 3.40. The molecule has 0 aliphatic carbocycles. The van der Waals surface area contributed by atoms with Gasteiger partial charge in [0.15, 0.2) is 11.6 Å². The van der Waals surface area contributed by atoms with Gasteiger partial charge in [0.2, 0.25) is 0 Å². The molecule has 1 rings (SSSR count). The van der Waals surface area contributed by atoms with Crippen molar-refractivity contribution in [3.05, 3.63) is 29.3 Å². The number of likely N-dealkylation sites (N-methyl/N-ethyl adjacent to an activating group) is 1. The molecular weight excluding hydrogens is 220 g/mol. The molecule has 90 valence electrons. The maximum absolute atomic E-state index is 13.0. The van der Waals surface area contributed by atoms with E-state index in [0.717, 1.165) is 6.07 Å². The van der Waals surface area contributed by atoms with Gasteiger partial charge in [-0.1, -0.05) is 0 Å². The van der Waals surface area contributed by atoms with Crippen molar-refractivity contribution in [2.24, 2.45) is 0 Å². The van der Waals surface area contributed by atoms with Gasteiger partial charge in [0, 0.05) is 18.2 Å². The Balaban J connectivity index is 3.03. The Morgan fingerprint density at radius 1 is 1.31 bits per heavy atom. The zero-order valence-electron chi connectivity index (χ0n) is 8.61. The molecule has 0 spiro atoms. The van der Waals surface area contributed by atoms with Gasteiger partial charge in [-0.3, -0.25) is 0 Å². The van der Waals surface area contributed by atoms with Gasteiger partial charge in [-0.15, -0.1) is 0 Å². The molecule has 0 aromatic heterocycles. The van der Waals surface area contributed by atoms with Crippen molar-refractivity contribution in [3.63, 3.8) is 0 Å². The van der Waals surface area contributed by atoms with Crippen molar-refractivity contribution < 1.29 is 24.1 Å². The van der Waals surface area contributed by atoms with Crippen LogP contribution in [-0.4, -0.2) is 35.0 Å². The van der Waals surface area contributed by atoms with Crippen LogP contribution in [0.4, 0.5) is 8.78 Å². The Bertz CT molecular complexity index is 373. The van der Waals surface area contributed by atoms with Gasteiger partial charge in [-0.2, -0.15) is 0 Å². The SMILES string of the molecule is CNCC(O)C(O)c1cc(F)cc(F)c1O. The van der Waals surface area contributed by atoms with E-state index in [4.69, 9.17) is 0 Å². The smallest absolute Gasteiger partial charge is 0.168 e. The highest BCUT2D eigenvalue weighted by Crippen LogP contribution is 2.29. The average Bonchev–Trinajstić information content (AvgIpc) is 2.22. The second kappa shape index (κ2) is 5.20. The molecule has 0 saturated heterocycles. The third kappa shape index (κ3) is 2.66. The second-order valence-corrected chi connectivity index (χ2v) is 3.40. The molecule has 2 atom stereocenters. The number of phenolic OH excluding ortho intramolecular Hbond substituents is 1. The Labute approximate surface area is 91.2 Å². The molecule has 4 nitrogen and oxygen atoms in total. The Kier molecular flexibility index (Phi) is 4.17. The van der Waals surface area contributed by atoms with Crippen LogP contribution in [0.1, 0.15) is 11.7 Å². The van der Waals surface area contributed by atoms with Gasteiger partial charge in [0.25, 0.3) is 0 Å². The molecule has 1 aromatic rings. The van der Waals surface area contributed by atoms with E-state index >= 15 is 0 Å². The summed E-state index contributed by atoms with van der Waals surface area (Å²) in [6.45, 7) is 0.0265. The predicted octanol–water partition coefficient (Wildman–Crippen LogP) is 0.284. The lowest BCUT2D eigenvalue weighted by atomic mass is 10.0. The lowest BCUT2D eigenvalue weighted by molar-refractivity contribution is 0.0184. The summed E-state index contributed by atoms with van der Waals surface area (Å²) in [5, 5.41) is 30.8. The van der Waals surface area contributed by atoms with E-state index < -0.39 is 29.6 Å². The normalized spacial score (nSPS) is 14.8. The van der Waals surface area contributed by atoms with Crippen molar-refractivity contribution >= 4 is 0 Å². The number of halogens is 2. The summed E-state index contributed by atoms with van der Waals surface area (Å²) in [5.41, 5.74) is -0.375. The van der Waals surface area contributed by atoms with E-state index in [1.807, 2.05) is 0 Å². The lowest BCUT2D eigenvalue weighted by Gasteiger charge is -2.18. The molecular formula is C10H13F2NO3. The molecule has 0 heterocycles. The predicted molar refractivity (Wildman–Crippen MR) is 52.9 cm³/mol. The largest absolute Gasteiger partial charge is 0.505 e. The van der Waals surface area contributed by atoms with Crippen molar-refractivity contribution in [2.45, 2.75) is 12.2 Å². The summed E-state index contributed by atoms with van der Waals surface area (Å²) in [4.78, 5) is 0. The van der Waals surface area contributed by atoms with Crippen LogP contribution in [0.3, 0.4) is 0 Å². The topological polar surface area (TPSA) is 72.7 Å². The summed E-state index contributed by atoms with van der Waals surface area (Å²) in [6, 6.07) is 1.28. The van der Waals surface area contributed by atoms with Gasteiger partial charge in [-0.25, -0.2) is 8.78 Å². The van der Waals surface area contributed by atoms with Crippen molar-refractivity contribution in [3.8, 4) is 5.75 Å². The fraction of sp³-hybridized carbons (Fsp3) is 0.400. The van der Waals surface area contributed by atoms with Crippen LogP contribution >= 0.6 is 0 Å². The first-order chi connectivity index (χ1) is 7.47. The zero-order chi connectivity index (χ0) is 12.3. The molecule has 0 aliphatic rings. The third-order valence-electron chi connectivity index (χ3n) is 2.15. The Morgan fingerprint density at radius 3 is 2.50 bits per heavy atom. The van der Waals surface area contributed by atoms with E-state index in [2.05, 4.69) is 5.32 Å². The first-order valence-corrected chi connectivity index (χ1v) is 4.66. The van der Waals surface area contributed by atoms with Crippen LogP contribution in [0.2, 0.25) is 0 Å². The number of phenols is 1. The molecule has 0 aliphatic heterocycles. The quantitative estimate of drug-likeness (QED) is 0.603. The van der Waals surface area contributed by atoms with Gasteiger partial charge >= 0.3 is 0 Å². The minimum absolute atomic E-state index is 0.0265. The molecule has 0 fully saturated rings. The molecule has 1 aromatic carbocycles. The summed E-state index contributed by atoms with van der Waals surface area (Å²) in [5.74, 6) is -2.96. The van der Waals surface area contributed by atoms with E-state index in [1.54, 1.807) is 7.05 Å². The number of aliphatic hydroxyl groups is 2. The van der Waals surface area contributed by atoms with Crippen molar-refractivity contribution in [2.75, 3.05) is 13.6 Å². The zero-order valence-corrected chi connectivity index (χ0v) is 8.61. The first-order valence-electron chi connectivity index (χ1n) is 4.66. The van der Waals surface area contributed by atoms with Gasteiger partial charge < -0.3 is 20.6 Å².